The Morgan fingerprint density at radius 2 is 2.10 bits per heavy atom. The summed E-state index contributed by atoms with van der Waals surface area (Å²) in [6.45, 7) is 0.155. The van der Waals surface area contributed by atoms with Crippen molar-refractivity contribution in [3.63, 3.8) is 0 Å². The average Bonchev–Trinajstić information content (AvgIpc) is 3.27. The fourth-order valence-corrected chi connectivity index (χ4v) is 2.10. The van der Waals surface area contributed by atoms with Crippen molar-refractivity contribution >= 4 is 11.9 Å². The third-order valence-corrected chi connectivity index (χ3v) is 3.48. The van der Waals surface area contributed by atoms with Crippen molar-refractivity contribution in [2.24, 2.45) is 11.8 Å². The van der Waals surface area contributed by atoms with Gasteiger partial charge in [-0.2, -0.15) is 0 Å². The summed E-state index contributed by atoms with van der Waals surface area (Å²) in [4.78, 5) is 22.9. The first-order chi connectivity index (χ1) is 9.61. The number of carboxylic acids is 1. The molecule has 0 unspecified atom stereocenters. The van der Waals surface area contributed by atoms with E-state index in [1.54, 1.807) is 13.2 Å². The lowest BCUT2D eigenvalue weighted by atomic mass is 9.98. The number of nitrogens with one attached hydrogen (secondary N) is 1. The van der Waals surface area contributed by atoms with Crippen LogP contribution in [-0.4, -0.2) is 30.6 Å². The van der Waals surface area contributed by atoms with Crippen molar-refractivity contribution in [2.45, 2.75) is 19.3 Å². The molecule has 0 bridgehead atoms. The molecule has 1 saturated carbocycles. The standard InChI is InChI=1S/C15H19NO4/c1-20-13-5-3-2-4-11(13)8-12(15(18)19)9-16-14(17)10-6-7-10/h2-5,10,12H,6-9H2,1H3,(H,16,17)(H,18,19)/t12-/m1/s1. The van der Waals surface area contributed by atoms with E-state index in [0.29, 0.717) is 12.2 Å². The minimum absolute atomic E-state index is 0.0312. The molecular weight excluding hydrogens is 258 g/mol. The highest BCUT2D eigenvalue weighted by molar-refractivity contribution is 5.81. The minimum atomic E-state index is -0.910. The van der Waals surface area contributed by atoms with Crippen LogP contribution in [0.5, 0.6) is 5.75 Å². The summed E-state index contributed by atoms with van der Waals surface area (Å²) in [6, 6.07) is 7.33. The number of methoxy groups -OCH3 is 1. The summed E-state index contributed by atoms with van der Waals surface area (Å²) >= 11 is 0. The molecule has 20 heavy (non-hydrogen) atoms. The maximum atomic E-state index is 11.6. The second-order valence-corrected chi connectivity index (χ2v) is 5.07. The summed E-state index contributed by atoms with van der Waals surface area (Å²) in [6.07, 6.45) is 2.16. The number of hydrogen-bond acceptors (Lipinski definition) is 3. The number of hydrogen-bond donors (Lipinski definition) is 2. The molecule has 0 aromatic heterocycles. The van der Waals surface area contributed by atoms with Crippen LogP contribution >= 0.6 is 0 Å². The van der Waals surface area contributed by atoms with E-state index in [2.05, 4.69) is 5.32 Å². The van der Waals surface area contributed by atoms with Gasteiger partial charge in [-0.15, -0.1) is 0 Å². The monoisotopic (exact) mass is 277 g/mol. The lowest BCUT2D eigenvalue weighted by molar-refractivity contribution is -0.141. The zero-order chi connectivity index (χ0) is 14.5. The van der Waals surface area contributed by atoms with Crippen molar-refractivity contribution < 1.29 is 19.4 Å². The molecule has 1 aliphatic carbocycles. The molecule has 108 valence electrons. The Balaban J connectivity index is 1.97. The van der Waals surface area contributed by atoms with Gasteiger partial charge in [0.25, 0.3) is 0 Å². The van der Waals surface area contributed by atoms with Crippen LogP contribution in [0.4, 0.5) is 0 Å². The second-order valence-electron chi connectivity index (χ2n) is 5.07. The lowest BCUT2D eigenvalue weighted by Gasteiger charge is -2.15. The molecule has 1 aromatic carbocycles. The lowest BCUT2D eigenvalue weighted by Crippen LogP contribution is -2.34. The third-order valence-electron chi connectivity index (χ3n) is 3.48. The van der Waals surface area contributed by atoms with E-state index in [1.807, 2.05) is 18.2 Å². The molecule has 2 rings (SSSR count). The Kier molecular flexibility index (Phi) is 4.61. The number of benzene rings is 1. The molecule has 1 aliphatic rings. The van der Waals surface area contributed by atoms with Crippen molar-refractivity contribution in [2.75, 3.05) is 13.7 Å². The molecule has 1 aromatic rings. The van der Waals surface area contributed by atoms with E-state index in [4.69, 9.17) is 4.74 Å². The largest absolute Gasteiger partial charge is 0.496 e. The maximum absolute atomic E-state index is 11.6. The molecule has 1 atom stereocenters. The van der Waals surface area contributed by atoms with Gasteiger partial charge in [0.1, 0.15) is 5.75 Å². The first kappa shape index (κ1) is 14.4. The van der Waals surface area contributed by atoms with Crippen molar-refractivity contribution in [1.82, 2.24) is 5.32 Å². The number of amides is 1. The first-order valence-corrected chi connectivity index (χ1v) is 6.74. The Morgan fingerprint density at radius 3 is 2.70 bits per heavy atom. The Labute approximate surface area is 117 Å². The van der Waals surface area contributed by atoms with Gasteiger partial charge >= 0.3 is 5.97 Å². The average molecular weight is 277 g/mol. The van der Waals surface area contributed by atoms with E-state index >= 15 is 0 Å². The van der Waals surface area contributed by atoms with Crippen LogP contribution in [0.3, 0.4) is 0 Å². The van der Waals surface area contributed by atoms with Crippen molar-refractivity contribution in [1.29, 1.82) is 0 Å². The molecule has 0 radical (unpaired) electrons. The summed E-state index contributed by atoms with van der Waals surface area (Å²) in [5.41, 5.74) is 0.836. The van der Waals surface area contributed by atoms with Gasteiger partial charge in [-0.3, -0.25) is 9.59 Å². The predicted octanol–water partition coefficient (Wildman–Crippen LogP) is 1.46. The number of para-hydroxylation sites is 1. The van der Waals surface area contributed by atoms with Gasteiger partial charge in [0, 0.05) is 12.5 Å². The second kappa shape index (κ2) is 6.41. The Hall–Kier alpha value is -2.04. The fraction of sp³-hybridized carbons (Fsp3) is 0.467. The highest BCUT2D eigenvalue weighted by atomic mass is 16.5. The van der Waals surface area contributed by atoms with E-state index in [9.17, 15) is 14.7 Å². The number of carboxylic acid groups (broad SMARTS) is 1. The number of ether oxygens (including phenoxy) is 1. The molecule has 0 aliphatic heterocycles. The van der Waals surface area contributed by atoms with Crippen molar-refractivity contribution in [3.05, 3.63) is 29.8 Å². The van der Waals surface area contributed by atoms with Gasteiger partial charge in [0.15, 0.2) is 0 Å². The molecule has 5 heteroatoms. The number of carbonyl (C=O) groups excluding carboxylic acids is 1. The Morgan fingerprint density at radius 1 is 1.40 bits per heavy atom. The molecular formula is C15H19NO4. The first-order valence-electron chi connectivity index (χ1n) is 6.74. The molecule has 5 nitrogen and oxygen atoms in total. The van der Waals surface area contributed by atoms with E-state index in [-0.39, 0.29) is 18.4 Å². The number of aliphatic carboxylic acids is 1. The van der Waals surface area contributed by atoms with Crippen LogP contribution in [-0.2, 0) is 16.0 Å². The normalized spacial score (nSPS) is 15.4. The number of carbonyl (C=O) groups is 2. The van der Waals surface area contributed by atoms with Crippen LogP contribution in [0.1, 0.15) is 18.4 Å². The highest BCUT2D eigenvalue weighted by Crippen LogP contribution is 2.29. The van der Waals surface area contributed by atoms with Gasteiger partial charge < -0.3 is 15.2 Å². The van der Waals surface area contributed by atoms with E-state index in [0.717, 1.165) is 18.4 Å². The minimum Gasteiger partial charge on any atom is -0.496 e. The molecule has 1 amide bonds. The zero-order valence-electron chi connectivity index (χ0n) is 11.5. The van der Waals surface area contributed by atoms with Crippen LogP contribution in [0, 0.1) is 11.8 Å². The van der Waals surface area contributed by atoms with Crippen molar-refractivity contribution in [3.8, 4) is 5.75 Å². The summed E-state index contributed by atoms with van der Waals surface area (Å²) in [7, 11) is 1.56. The summed E-state index contributed by atoms with van der Waals surface area (Å²) in [5.74, 6) is -0.819. The third kappa shape index (κ3) is 3.73. The quantitative estimate of drug-likeness (QED) is 0.791. The van der Waals surface area contributed by atoms with Gasteiger partial charge in [-0.25, -0.2) is 0 Å². The SMILES string of the molecule is COc1ccccc1C[C@H](CNC(=O)C1CC1)C(=O)O. The molecule has 1 fully saturated rings. The van der Waals surface area contributed by atoms with E-state index in [1.165, 1.54) is 0 Å². The maximum Gasteiger partial charge on any atom is 0.308 e. The summed E-state index contributed by atoms with van der Waals surface area (Å²) in [5, 5.41) is 12.0. The summed E-state index contributed by atoms with van der Waals surface area (Å²) < 4.78 is 5.22. The Bertz CT molecular complexity index is 496. The van der Waals surface area contributed by atoms with Crippen LogP contribution in [0.25, 0.3) is 0 Å². The van der Waals surface area contributed by atoms with E-state index < -0.39 is 11.9 Å². The van der Waals surface area contributed by atoms with Gasteiger partial charge in [0.05, 0.1) is 13.0 Å². The molecule has 2 N–H and O–H groups in total. The molecule has 0 spiro atoms. The fourth-order valence-electron chi connectivity index (χ4n) is 2.10. The zero-order valence-corrected chi connectivity index (χ0v) is 11.5. The molecule has 0 saturated heterocycles. The van der Waals surface area contributed by atoms with Gasteiger partial charge in [0.2, 0.25) is 5.91 Å². The number of rotatable bonds is 7. The smallest absolute Gasteiger partial charge is 0.308 e. The van der Waals surface area contributed by atoms with Crippen LogP contribution in [0.2, 0.25) is 0 Å². The van der Waals surface area contributed by atoms with Crippen LogP contribution in [0.15, 0.2) is 24.3 Å². The predicted molar refractivity (Wildman–Crippen MR) is 73.6 cm³/mol. The van der Waals surface area contributed by atoms with Crippen LogP contribution < -0.4 is 10.1 Å². The van der Waals surface area contributed by atoms with Gasteiger partial charge in [-0.1, -0.05) is 18.2 Å². The van der Waals surface area contributed by atoms with Gasteiger partial charge in [-0.05, 0) is 30.9 Å². The highest BCUT2D eigenvalue weighted by Gasteiger charge is 2.30. The molecule has 0 heterocycles. The topological polar surface area (TPSA) is 75.6 Å².